The van der Waals surface area contributed by atoms with Crippen LogP contribution >= 0.6 is 0 Å². The average Bonchev–Trinajstić information content (AvgIpc) is 2.14. The second kappa shape index (κ2) is 2.11. The van der Waals surface area contributed by atoms with Gasteiger partial charge in [-0.3, -0.25) is 4.79 Å². The minimum atomic E-state index is -0.778. The first-order chi connectivity index (χ1) is 3.83. The summed E-state index contributed by atoms with van der Waals surface area (Å²) in [4.78, 5) is 11.4. The molecule has 0 spiro atoms. The van der Waals surface area contributed by atoms with Crippen LogP contribution < -0.4 is 0 Å². The topological polar surface area (TPSA) is 20.3 Å². The van der Waals surface area contributed by atoms with Crippen LogP contribution in [0.15, 0.2) is 0 Å². The highest BCUT2D eigenvalue weighted by atomic mass is 19.1. The third kappa shape index (κ3) is 0.967. The van der Waals surface area contributed by atoms with Crippen LogP contribution in [0.2, 0.25) is 0 Å². The summed E-state index contributed by atoms with van der Waals surface area (Å²) in [5.41, 5.74) is 0. The number of alkyl halides is 1. The molecule has 1 unspecified atom stereocenters. The Hall–Kier alpha value is -0.600. The van der Waals surface area contributed by atoms with E-state index >= 15 is 0 Å². The van der Waals surface area contributed by atoms with Crippen molar-refractivity contribution in [3.8, 4) is 0 Å². The molecule has 1 amide bonds. The van der Waals surface area contributed by atoms with E-state index in [9.17, 15) is 9.18 Å². The molecule has 0 N–H and O–H groups in total. The molecule has 0 aromatic rings. The van der Waals surface area contributed by atoms with Crippen LogP contribution in [0.5, 0.6) is 0 Å². The molecular formula is C5H8FNO. The predicted molar refractivity (Wildman–Crippen MR) is 27.1 cm³/mol. The Bertz CT molecular complexity index is 96.4. The molecule has 0 aromatic heterocycles. The first kappa shape index (κ1) is 5.54. The van der Waals surface area contributed by atoms with Gasteiger partial charge in [0.25, 0.3) is 0 Å². The van der Waals surface area contributed by atoms with E-state index in [4.69, 9.17) is 0 Å². The lowest BCUT2D eigenvalue weighted by molar-refractivity contribution is -0.117. The molecule has 1 heterocycles. The number of hydrogen-bond acceptors (Lipinski definition) is 1. The second-order valence-corrected chi connectivity index (χ2v) is 1.99. The van der Waals surface area contributed by atoms with Crippen molar-refractivity contribution in [3.63, 3.8) is 0 Å². The molecule has 1 rings (SSSR count). The maximum Gasteiger partial charge on any atom is 0.209 e. The van der Waals surface area contributed by atoms with E-state index in [1.54, 1.807) is 0 Å². The van der Waals surface area contributed by atoms with Crippen molar-refractivity contribution in [3.05, 3.63) is 0 Å². The van der Waals surface area contributed by atoms with Crippen LogP contribution in [0.3, 0.4) is 0 Å². The van der Waals surface area contributed by atoms with Crippen molar-refractivity contribution >= 4 is 6.41 Å². The molecule has 1 aliphatic heterocycles. The maximum atomic E-state index is 12.2. The Morgan fingerprint density at radius 2 is 2.50 bits per heavy atom. The summed E-state index contributed by atoms with van der Waals surface area (Å²) in [5.74, 6) is 0. The molecule has 1 aliphatic rings. The maximum absolute atomic E-state index is 12.2. The molecule has 0 bridgehead atoms. The summed E-state index contributed by atoms with van der Waals surface area (Å²) >= 11 is 0. The van der Waals surface area contributed by atoms with Crippen LogP contribution in [0.1, 0.15) is 6.42 Å². The van der Waals surface area contributed by atoms with Gasteiger partial charge < -0.3 is 4.90 Å². The number of carbonyl (C=O) groups is 1. The molecule has 0 radical (unpaired) electrons. The van der Waals surface area contributed by atoms with E-state index in [1.165, 1.54) is 4.90 Å². The summed E-state index contributed by atoms with van der Waals surface area (Å²) in [6, 6.07) is 0. The number of amides is 1. The van der Waals surface area contributed by atoms with Crippen molar-refractivity contribution in [1.29, 1.82) is 0 Å². The van der Waals surface area contributed by atoms with Gasteiger partial charge in [-0.1, -0.05) is 0 Å². The first-order valence-electron chi connectivity index (χ1n) is 2.66. The fourth-order valence-electron chi connectivity index (χ4n) is 0.839. The van der Waals surface area contributed by atoms with Crippen molar-refractivity contribution in [2.24, 2.45) is 0 Å². The lowest BCUT2D eigenvalue weighted by Gasteiger charge is -2.03. The molecule has 1 saturated heterocycles. The number of nitrogens with zero attached hydrogens (tertiary/aromatic N) is 1. The number of halogens is 1. The number of carbonyl (C=O) groups excluding carboxylic acids is 1. The van der Waals surface area contributed by atoms with Crippen LogP contribution in [0.4, 0.5) is 4.39 Å². The minimum absolute atomic E-state index is 0.295. The Labute approximate surface area is 47.3 Å². The number of hydrogen-bond donors (Lipinski definition) is 0. The van der Waals surface area contributed by atoms with Crippen LogP contribution in [-0.4, -0.2) is 30.6 Å². The van der Waals surface area contributed by atoms with Gasteiger partial charge in [0, 0.05) is 6.54 Å². The Morgan fingerprint density at radius 1 is 1.75 bits per heavy atom. The van der Waals surface area contributed by atoms with Crippen LogP contribution in [0.25, 0.3) is 0 Å². The molecule has 1 fully saturated rings. The molecule has 8 heavy (non-hydrogen) atoms. The van der Waals surface area contributed by atoms with Crippen molar-refractivity contribution in [1.82, 2.24) is 4.90 Å². The molecule has 46 valence electrons. The molecular weight excluding hydrogens is 109 g/mol. The zero-order chi connectivity index (χ0) is 5.98. The van der Waals surface area contributed by atoms with Crippen LogP contribution in [0, 0.1) is 0 Å². The van der Waals surface area contributed by atoms with Gasteiger partial charge in [0.15, 0.2) is 0 Å². The van der Waals surface area contributed by atoms with E-state index in [0.29, 0.717) is 25.9 Å². The Kier molecular flexibility index (Phi) is 1.46. The van der Waals surface area contributed by atoms with Crippen LogP contribution in [-0.2, 0) is 4.79 Å². The van der Waals surface area contributed by atoms with Gasteiger partial charge in [-0.05, 0) is 6.42 Å². The van der Waals surface area contributed by atoms with Gasteiger partial charge in [-0.25, -0.2) is 4.39 Å². The Morgan fingerprint density at radius 3 is 2.75 bits per heavy atom. The van der Waals surface area contributed by atoms with Gasteiger partial charge >= 0.3 is 0 Å². The summed E-state index contributed by atoms with van der Waals surface area (Å²) in [7, 11) is 0. The third-order valence-electron chi connectivity index (χ3n) is 1.31. The highest BCUT2D eigenvalue weighted by molar-refractivity contribution is 5.47. The molecule has 1 atom stereocenters. The SMILES string of the molecule is O=CN1CCC(F)C1. The van der Waals surface area contributed by atoms with Gasteiger partial charge in [-0.2, -0.15) is 0 Å². The van der Waals surface area contributed by atoms with Gasteiger partial charge in [0.05, 0.1) is 6.54 Å². The zero-order valence-electron chi connectivity index (χ0n) is 4.51. The molecule has 3 heteroatoms. The first-order valence-corrected chi connectivity index (χ1v) is 2.66. The lowest BCUT2D eigenvalue weighted by Crippen LogP contribution is -2.18. The van der Waals surface area contributed by atoms with E-state index in [0.717, 1.165) is 0 Å². The lowest BCUT2D eigenvalue weighted by atomic mass is 10.4. The largest absolute Gasteiger partial charge is 0.342 e. The molecule has 2 nitrogen and oxygen atoms in total. The highest BCUT2D eigenvalue weighted by Crippen LogP contribution is 2.08. The predicted octanol–water partition coefficient (Wildman–Crippen LogP) is 0.187. The normalized spacial score (nSPS) is 28.6. The van der Waals surface area contributed by atoms with Gasteiger partial charge in [0.2, 0.25) is 6.41 Å². The summed E-state index contributed by atoms with van der Waals surface area (Å²) < 4.78 is 12.2. The minimum Gasteiger partial charge on any atom is -0.342 e. The van der Waals surface area contributed by atoms with E-state index < -0.39 is 6.17 Å². The molecule has 0 saturated carbocycles. The zero-order valence-corrected chi connectivity index (χ0v) is 4.51. The third-order valence-corrected chi connectivity index (χ3v) is 1.31. The van der Waals surface area contributed by atoms with Crippen molar-refractivity contribution in [2.75, 3.05) is 13.1 Å². The molecule has 0 aromatic carbocycles. The number of likely N-dealkylation sites (tertiary alicyclic amines) is 1. The standard InChI is InChI=1S/C5H8FNO/c6-5-1-2-7(3-5)4-8/h4-5H,1-3H2. The van der Waals surface area contributed by atoms with Crippen molar-refractivity contribution < 1.29 is 9.18 Å². The summed E-state index contributed by atoms with van der Waals surface area (Å²) in [6.45, 7) is 0.883. The smallest absolute Gasteiger partial charge is 0.209 e. The fourth-order valence-corrected chi connectivity index (χ4v) is 0.839. The monoisotopic (exact) mass is 117 g/mol. The number of rotatable bonds is 1. The second-order valence-electron chi connectivity index (χ2n) is 1.99. The summed E-state index contributed by atoms with van der Waals surface area (Å²) in [6.07, 6.45) is 0.429. The van der Waals surface area contributed by atoms with Crippen molar-refractivity contribution in [2.45, 2.75) is 12.6 Å². The van der Waals surface area contributed by atoms with Gasteiger partial charge in [-0.15, -0.1) is 0 Å². The fraction of sp³-hybridized carbons (Fsp3) is 0.800. The van der Waals surface area contributed by atoms with E-state index in [-0.39, 0.29) is 0 Å². The van der Waals surface area contributed by atoms with Gasteiger partial charge in [0.1, 0.15) is 6.17 Å². The van der Waals surface area contributed by atoms with E-state index in [1.807, 2.05) is 0 Å². The molecule has 0 aliphatic carbocycles. The highest BCUT2D eigenvalue weighted by Gasteiger charge is 2.19. The Balaban J connectivity index is 2.32. The average molecular weight is 117 g/mol. The van der Waals surface area contributed by atoms with E-state index in [2.05, 4.69) is 0 Å². The summed E-state index contributed by atoms with van der Waals surface area (Å²) in [5, 5.41) is 0. The quantitative estimate of drug-likeness (QED) is 0.449.